The lowest BCUT2D eigenvalue weighted by atomic mass is 10.1. The van der Waals surface area contributed by atoms with Gasteiger partial charge in [-0.05, 0) is 48.9 Å². The zero-order chi connectivity index (χ0) is 28.1. The van der Waals surface area contributed by atoms with E-state index in [4.69, 9.17) is 24.1 Å². The summed E-state index contributed by atoms with van der Waals surface area (Å²) < 4.78 is 14.8. The molecule has 2 aromatic carbocycles. The number of aliphatic carboxylic acids is 2. The second-order valence-electron chi connectivity index (χ2n) is 8.02. The number of phenols is 2. The first-order valence-corrected chi connectivity index (χ1v) is 12.0. The Morgan fingerprint density at radius 3 is 2.16 bits per heavy atom. The van der Waals surface area contributed by atoms with E-state index in [9.17, 15) is 29.4 Å². The molecule has 1 atom stereocenters. The number of benzene rings is 2. The summed E-state index contributed by atoms with van der Waals surface area (Å²) in [6.07, 6.45) is -0.213. The SMILES string of the molecule is CCOc1cc(O)c2c(=O)sc(CC(=O)O)cc2c1.COc1cc(O)c2c(=O)oc(C(C)C(=O)O)cc2c1. The number of methoxy groups -OCH3 is 1. The molecule has 12 heteroatoms. The fourth-order valence-corrected chi connectivity index (χ4v) is 4.51. The third-order valence-corrected chi connectivity index (χ3v) is 6.28. The number of carbonyl (C=O) groups is 2. The molecule has 0 aliphatic rings. The summed E-state index contributed by atoms with van der Waals surface area (Å²) in [5.74, 6) is -2.63. The first-order chi connectivity index (χ1) is 17.9. The van der Waals surface area contributed by atoms with E-state index in [2.05, 4.69) is 0 Å². The van der Waals surface area contributed by atoms with Crippen molar-refractivity contribution in [2.75, 3.05) is 13.7 Å². The minimum atomic E-state index is -1.10. The average Bonchev–Trinajstić information content (AvgIpc) is 2.82. The summed E-state index contributed by atoms with van der Waals surface area (Å²) in [7, 11) is 1.42. The molecule has 0 amide bonds. The van der Waals surface area contributed by atoms with Crippen molar-refractivity contribution in [3.8, 4) is 23.0 Å². The summed E-state index contributed by atoms with van der Waals surface area (Å²) in [6, 6.07) is 8.84. The van der Waals surface area contributed by atoms with Crippen LogP contribution in [0.1, 0.15) is 30.4 Å². The predicted octanol–water partition coefficient (Wildman–Crippen LogP) is 3.69. The molecule has 0 radical (unpaired) electrons. The molecule has 0 bridgehead atoms. The van der Waals surface area contributed by atoms with Crippen LogP contribution in [0.2, 0.25) is 0 Å². The standard InChI is InChI=1S/C13H12O6.C13H12O5S/c1-6(12(15)16)10-4-7-3-8(18-2)5-9(14)11(7)13(17)19-10;1-2-18-8-3-7-4-9(6-11(15)16)19-13(17)12(7)10(14)5-8/h3-6,14H,1-2H3,(H,15,16);3-5,14H,2,6H2,1H3,(H,15,16). The van der Waals surface area contributed by atoms with E-state index in [1.807, 2.05) is 6.92 Å². The number of phenolic OH excluding ortho intramolecular Hbond substituents is 2. The molecule has 4 rings (SSSR count). The van der Waals surface area contributed by atoms with Gasteiger partial charge in [-0.15, -0.1) is 0 Å². The Morgan fingerprint density at radius 1 is 0.947 bits per heavy atom. The molecule has 11 nitrogen and oxygen atoms in total. The minimum Gasteiger partial charge on any atom is -0.507 e. The number of hydrogen-bond donors (Lipinski definition) is 4. The van der Waals surface area contributed by atoms with Crippen LogP contribution in [0.25, 0.3) is 21.5 Å². The molecular weight excluding hydrogens is 520 g/mol. The highest BCUT2D eigenvalue weighted by atomic mass is 32.1. The highest BCUT2D eigenvalue weighted by Crippen LogP contribution is 2.31. The summed E-state index contributed by atoms with van der Waals surface area (Å²) in [4.78, 5) is 45.7. The van der Waals surface area contributed by atoms with Gasteiger partial charge in [-0.2, -0.15) is 0 Å². The maximum absolute atomic E-state index is 11.9. The van der Waals surface area contributed by atoms with Gasteiger partial charge in [0.1, 0.15) is 40.1 Å². The fraction of sp³-hybridized carbons (Fsp3) is 0.231. The maximum atomic E-state index is 11.9. The summed E-state index contributed by atoms with van der Waals surface area (Å²) >= 11 is 0.831. The number of carboxylic acid groups (broad SMARTS) is 2. The first-order valence-electron chi connectivity index (χ1n) is 11.2. The molecule has 0 aliphatic carbocycles. The molecule has 4 aromatic rings. The minimum absolute atomic E-state index is 0.00198. The molecule has 0 fully saturated rings. The molecule has 38 heavy (non-hydrogen) atoms. The summed E-state index contributed by atoms with van der Waals surface area (Å²) in [5, 5.41) is 38.3. The van der Waals surface area contributed by atoms with Gasteiger partial charge in [-0.3, -0.25) is 14.4 Å². The van der Waals surface area contributed by atoms with Crippen LogP contribution in [0, 0.1) is 0 Å². The van der Waals surface area contributed by atoms with Gasteiger partial charge >= 0.3 is 17.6 Å². The predicted molar refractivity (Wildman–Crippen MR) is 139 cm³/mol. The van der Waals surface area contributed by atoms with Crippen molar-refractivity contribution in [2.24, 2.45) is 0 Å². The Bertz CT molecular complexity index is 1630. The Morgan fingerprint density at radius 2 is 1.55 bits per heavy atom. The lowest BCUT2D eigenvalue weighted by Crippen LogP contribution is -2.11. The number of fused-ring (bicyclic) bond motifs is 2. The monoisotopic (exact) mass is 544 g/mol. The molecule has 0 saturated heterocycles. The van der Waals surface area contributed by atoms with Gasteiger partial charge in [0.05, 0.1) is 25.5 Å². The lowest BCUT2D eigenvalue weighted by Gasteiger charge is -2.08. The highest BCUT2D eigenvalue weighted by Gasteiger charge is 2.19. The topological polar surface area (TPSA) is 181 Å². The van der Waals surface area contributed by atoms with Gasteiger partial charge in [0.25, 0.3) is 0 Å². The number of ether oxygens (including phenoxy) is 2. The number of rotatable bonds is 7. The number of carboxylic acids is 2. The molecule has 0 aliphatic heterocycles. The van der Waals surface area contributed by atoms with Crippen molar-refractivity contribution in [3.63, 3.8) is 0 Å². The summed E-state index contributed by atoms with van der Waals surface area (Å²) in [5.41, 5.74) is -0.777. The summed E-state index contributed by atoms with van der Waals surface area (Å²) in [6.45, 7) is 3.66. The van der Waals surface area contributed by atoms with Crippen molar-refractivity contribution in [1.82, 2.24) is 0 Å². The zero-order valence-electron chi connectivity index (χ0n) is 20.5. The largest absolute Gasteiger partial charge is 0.507 e. The van der Waals surface area contributed by atoms with E-state index in [0.717, 1.165) is 11.3 Å². The van der Waals surface area contributed by atoms with Gasteiger partial charge in [0, 0.05) is 17.0 Å². The van der Waals surface area contributed by atoms with Gasteiger partial charge < -0.3 is 34.3 Å². The highest BCUT2D eigenvalue weighted by molar-refractivity contribution is 7.10. The molecule has 1 unspecified atom stereocenters. The fourth-order valence-electron chi connectivity index (χ4n) is 3.57. The van der Waals surface area contributed by atoms with Crippen LogP contribution >= 0.6 is 11.3 Å². The van der Waals surface area contributed by atoms with Crippen LogP contribution in [-0.4, -0.2) is 46.1 Å². The van der Waals surface area contributed by atoms with Gasteiger partial charge in [-0.1, -0.05) is 11.3 Å². The Labute approximate surface area is 218 Å². The van der Waals surface area contributed by atoms with Gasteiger partial charge in [0.2, 0.25) is 4.74 Å². The normalized spacial score (nSPS) is 11.4. The number of aromatic hydroxyl groups is 2. The van der Waals surface area contributed by atoms with Crippen LogP contribution in [0.4, 0.5) is 0 Å². The van der Waals surface area contributed by atoms with Gasteiger partial charge in [-0.25, -0.2) is 4.79 Å². The second-order valence-corrected chi connectivity index (χ2v) is 9.12. The van der Waals surface area contributed by atoms with Crippen molar-refractivity contribution < 1.29 is 43.9 Å². The second kappa shape index (κ2) is 11.6. The van der Waals surface area contributed by atoms with Crippen molar-refractivity contribution in [2.45, 2.75) is 26.2 Å². The van der Waals surface area contributed by atoms with E-state index >= 15 is 0 Å². The molecule has 4 N–H and O–H groups in total. The van der Waals surface area contributed by atoms with Crippen LogP contribution < -0.4 is 19.8 Å². The Balaban J connectivity index is 0.000000211. The van der Waals surface area contributed by atoms with Crippen molar-refractivity contribution in [3.05, 3.63) is 67.0 Å². The van der Waals surface area contributed by atoms with E-state index in [-0.39, 0.29) is 39.2 Å². The van der Waals surface area contributed by atoms with E-state index in [0.29, 0.717) is 33.8 Å². The van der Waals surface area contributed by atoms with Crippen LogP contribution in [0.5, 0.6) is 23.0 Å². The van der Waals surface area contributed by atoms with E-state index < -0.39 is 23.5 Å². The van der Waals surface area contributed by atoms with Crippen LogP contribution in [0.15, 0.2) is 50.4 Å². The zero-order valence-corrected chi connectivity index (χ0v) is 21.3. The van der Waals surface area contributed by atoms with Gasteiger partial charge in [0.15, 0.2) is 0 Å². The van der Waals surface area contributed by atoms with Crippen molar-refractivity contribution in [1.29, 1.82) is 0 Å². The molecule has 2 aromatic heterocycles. The first kappa shape index (κ1) is 28.0. The smallest absolute Gasteiger partial charge is 0.347 e. The Kier molecular flexibility index (Phi) is 8.58. The van der Waals surface area contributed by atoms with Crippen LogP contribution in [-0.2, 0) is 16.0 Å². The third-order valence-electron chi connectivity index (χ3n) is 5.37. The Hall–Kier alpha value is -4.58. The number of hydrogen-bond acceptors (Lipinski definition) is 10. The van der Waals surface area contributed by atoms with Crippen LogP contribution in [0.3, 0.4) is 0 Å². The third kappa shape index (κ3) is 6.21. The quantitative estimate of drug-likeness (QED) is 0.266. The molecule has 0 spiro atoms. The average molecular weight is 545 g/mol. The molecule has 2 heterocycles. The molecule has 0 saturated carbocycles. The molecular formula is C26H24O11S. The van der Waals surface area contributed by atoms with E-state index in [1.54, 1.807) is 12.1 Å². The van der Waals surface area contributed by atoms with Crippen molar-refractivity contribution >= 4 is 44.8 Å². The lowest BCUT2D eigenvalue weighted by molar-refractivity contribution is -0.139. The maximum Gasteiger partial charge on any atom is 0.347 e. The van der Waals surface area contributed by atoms with E-state index in [1.165, 1.54) is 38.3 Å². The molecule has 200 valence electrons.